The van der Waals surface area contributed by atoms with E-state index in [2.05, 4.69) is 43.9 Å². The Morgan fingerprint density at radius 1 is 1.29 bits per heavy atom. The van der Waals surface area contributed by atoms with Gasteiger partial charge in [0, 0.05) is 17.9 Å². The molecule has 2 heteroatoms. The van der Waals surface area contributed by atoms with Gasteiger partial charge < -0.3 is 4.74 Å². The van der Waals surface area contributed by atoms with E-state index in [-0.39, 0.29) is 0 Å². The van der Waals surface area contributed by atoms with Crippen LogP contribution in [0.25, 0.3) is 0 Å². The van der Waals surface area contributed by atoms with Gasteiger partial charge in [-0.05, 0) is 62.3 Å². The van der Waals surface area contributed by atoms with Crippen molar-refractivity contribution in [2.45, 2.75) is 58.5 Å². The average Bonchev–Trinajstić information content (AvgIpc) is 2.50. The highest BCUT2D eigenvalue weighted by atomic mass is 35.5. The molecule has 0 bridgehead atoms. The summed E-state index contributed by atoms with van der Waals surface area (Å²) in [5.41, 5.74) is 2.25. The van der Waals surface area contributed by atoms with Crippen molar-refractivity contribution in [2.75, 3.05) is 5.88 Å². The van der Waals surface area contributed by atoms with Crippen molar-refractivity contribution >= 4 is 11.6 Å². The van der Waals surface area contributed by atoms with Gasteiger partial charge in [0.25, 0.3) is 0 Å². The van der Waals surface area contributed by atoms with Crippen LogP contribution in [0, 0.1) is 24.7 Å². The summed E-state index contributed by atoms with van der Waals surface area (Å²) in [4.78, 5) is 0. The minimum absolute atomic E-state index is 0.385. The van der Waals surface area contributed by atoms with E-state index in [9.17, 15) is 0 Å². The van der Waals surface area contributed by atoms with Crippen LogP contribution in [0.5, 0.6) is 5.75 Å². The number of benzene rings is 1. The Morgan fingerprint density at radius 3 is 2.81 bits per heavy atom. The topological polar surface area (TPSA) is 9.23 Å². The van der Waals surface area contributed by atoms with Gasteiger partial charge in [-0.15, -0.1) is 11.6 Å². The van der Waals surface area contributed by atoms with Gasteiger partial charge in [-0.1, -0.05) is 25.2 Å². The second-order valence-corrected chi connectivity index (χ2v) is 6.20. The van der Waals surface area contributed by atoms with Gasteiger partial charge in [-0.2, -0.15) is 0 Å². The van der Waals surface area contributed by atoms with Crippen LogP contribution in [0.15, 0.2) is 18.2 Å². The number of hydrogen-bond acceptors (Lipinski definition) is 1. The van der Waals surface area contributed by atoms with Crippen molar-refractivity contribution in [3.8, 4) is 17.6 Å². The van der Waals surface area contributed by atoms with Gasteiger partial charge in [0.2, 0.25) is 0 Å². The van der Waals surface area contributed by atoms with Crippen LogP contribution in [0.2, 0.25) is 0 Å². The summed E-state index contributed by atoms with van der Waals surface area (Å²) < 4.78 is 6.25. The molecule has 0 amide bonds. The predicted molar refractivity (Wildman–Crippen MR) is 90.1 cm³/mol. The zero-order chi connectivity index (χ0) is 15.1. The highest BCUT2D eigenvalue weighted by Crippen LogP contribution is 2.31. The van der Waals surface area contributed by atoms with Crippen molar-refractivity contribution in [1.29, 1.82) is 0 Å². The van der Waals surface area contributed by atoms with Gasteiger partial charge in [-0.3, -0.25) is 0 Å². The molecule has 1 aromatic carbocycles. The fraction of sp³-hybridized carbons (Fsp3) is 0.579. The van der Waals surface area contributed by atoms with E-state index in [1.165, 1.54) is 37.7 Å². The van der Waals surface area contributed by atoms with Gasteiger partial charge in [0.15, 0.2) is 0 Å². The fourth-order valence-corrected chi connectivity index (χ4v) is 3.12. The summed E-state index contributed by atoms with van der Waals surface area (Å²) in [6, 6.07) is 6.24. The number of hydrogen-bond donors (Lipinski definition) is 0. The van der Waals surface area contributed by atoms with Gasteiger partial charge in [0.1, 0.15) is 11.9 Å². The SMILES string of the molecule is CCC1CCCCC1Oc1ccc(C#CCCCl)c(C)c1. The molecule has 114 valence electrons. The maximum atomic E-state index is 6.25. The summed E-state index contributed by atoms with van der Waals surface area (Å²) in [5, 5.41) is 0. The molecule has 1 aromatic rings. The molecule has 1 fully saturated rings. The first kappa shape index (κ1) is 16.2. The van der Waals surface area contributed by atoms with E-state index < -0.39 is 0 Å². The molecule has 1 aliphatic carbocycles. The Labute approximate surface area is 134 Å². The normalized spacial score (nSPS) is 21.5. The number of aryl methyl sites for hydroxylation is 1. The summed E-state index contributed by atoms with van der Waals surface area (Å²) in [7, 11) is 0. The van der Waals surface area contributed by atoms with Crippen molar-refractivity contribution < 1.29 is 4.74 Å². The van der Waals surface area contributed by atoms with E-state index in [0.29, 0.717) is 17.9 Å². The summed E-state index contributed by atoms with van der Waals surface area (Å²) >= 11 is 5.65. The standard InChI is InChI=1S/C19H25ClO/c1-3-16-8-4-5-10-19(16)21-18-12-11-17(15(2)14-18)9-6-7-13-20/h11-12,14,16,19H,3-5,7-8,10,13H2,1-2H3. The molecule has 1 aliphatic rings. The number of halogens is 1. The fourth-order valence-electron chi connectivity index (χ4n) is 3.03. The molecule has 21 heavy (non-hydrogen) atoms. The molecule has 1 nitrogen and oxygen atoms in total. The summed E-state index contributed by atoms with van der Waals surface area (Å²) in [6.45, 7) is 4.36. The molecule has 0 heterocycles. The Kier molecular flexibility index (Phi) is 6.46. The smallest absolute Gasteiger partial charge is 0.120 e. The third-order valence-electron chi connectivity index (χ3n) is 4.29. The van der Waals surface area contributed by atoms with Crippen molar-refractivity contribution in [1.82, 2.24) is 0 Å². The van der Waals surface area contributed by atoms with Crippen LogP contribution < -0.4 is 4.74 Å². The minimum atomic E-state index is 0.385. The maximum absolute atomic E-state index is 6.25. The lowest BCUT2D eigenvalue weighted by atomic mass is 9.85. The second-order valence-electron chi connectivity index (χ2n) is 5.83. The highest BCUT2D eigenvalue weighted by Gasteiger charge is 2.25. The third-order valence-corrected chi connectivity index (χ3v) is 4.48. The first-order chi connectivity index (χ1) is 10.2. The first-order valence-electron chi connectivity index (χ1n) is 8.06. The lowest BCUT2D eigenvalue weighted by Gasteiger charge is -2.31. The van der Waals surface area contributed by atoms with Crippen LogP contribution in [0.3, 0.4) is 0 Å². The Morgan fingerprint density at radius 2 is 2.10 bits per heavy atom. The quantitative estimate of drug-likeness (QED) is 0.540. The lowest BCUT2D eigenvalue weighted by molar-refractivity contribution is 0.0903. The predicted octanol–water partition coefficient (Wildman–Crippen LogP) is 5.32. The van der Waals surface area contributed by atoms with E-state index in [1.54, 1.807) is 0 Å². The molecule has 0 saturated heterocycles. The van der Waals surface area contributed by atoms with Crippen molar-refractivity contribution in [3.63, 3.8) is 0 Å². The van der Waals surface area contributed by atoms with E-state index in [1.807, 2.05) is 0 Å². The molecule has 2 atom stereocenters. The van der Waals surface area contributed by atoms with Gasteiger partial charge in [-0.25, -0.2) is 0 Å². The lowest BCUT2D eigenvalue weighted by Crippen LogP contribution is -2.29. The van der Waals surface area contributed by atoms with Crippen LogP contribution >= 0.6 is 11.6 Å². The summed E-state index contributed by atoms with van der Waals surface area (Å²) in [5.74, 6) is 8.55. The largest absolute Gasteiger partial charge is 0.490 e. The zero-order valence-electron chi connectivity index (χ0n) is 13.1. The van der Waals surface area contributed by atoms with Crippen LogP contribution in [0.4, 0.5) is 0 Å². The van der Waals surface area contributed by atoms with Gasteiger partial charge in [0.05, 0.1) is 0 Å². The Balaban J connectivity index is 2.04. The molecular weight excluding hydrogens is 280 g/mol. The van der Waals surface area contributed by atoms with E-state index >= 15 is 0 Å². The molecule has 0 radical (unpaired) electrons. The summed E-state index contributed by atoms with van der Waals surface area (Å²) in [6.07, 6.45) is 7.48. The van der Waals surface area contributed by atoms with Crippen LogP contribution in [-0.4, -0.2) is 12.0 Å². The number of ether oxygens (including phenoxy) is 1. The molecule has 0 N–H and O–H groups in total. The number of alkyl halides is 1. The average molecular weight is 305 g/mol. The van der Waals surface area contributed by atoms with Gasteiger partial charge >= 0.3 is 0 Å². The molecule has 2 unspecified atom stereocenters. The molecule has 2 rings (SSSR count). The first-order valence-corrected chi connectivity index (χ1v) is 8.60. The molecule has 1 saturated carbocycles. The molecule has 0 spiro atoms. The van der Waals surface area contributed by atoms with E-state index in [0.717, 1.165) is 17.7 Å². The van der Waals surface area contributed by atoms with Crippen LogP contribution in [0.1, 0.15) is 56.6 Å². The monoisotopic (exact) mass is 304 g/mol. The number of rotatable bonds is 4. The minimum Gasteiger partial charge on any atom is -0.490 e. The molecule has 0 aromatic heterocycles. The van der Waals surface area contributed by atoms with Crippen molar-refractivity contribution in [3.05, 3.63) is 29.3 Å². The Bertz CT molecular complexity index is 512. The molecule has 0 aliphatic heterocycles. The maximum Gasteiger partial charge on any atom is 0.120 e. The highest BCUT2D eigenvalue weighted by molar-refractivity contribution is 6.18. The third kappa shape index (κ3) is 4.68. The van der Waals surface area contributed by atoms with Crippen LogP contribution in [-0.2, 0) is 0 Å². The van der Waals surface area contributed by atoms with Crippen molar-refractivity contribution in [2.24, 2.45) is 5.92 Å². The molecular formula is C19H25ClO. The zero-order valence-corrected chi connectivity index (χ0v) is 13.9. The van der Waals surface area contributed by atoms with E-state index in [4.69, 9.17) is 16.3 Å². The second kappa shape index (κ2) is 8.35. The Hall–Kier alpha value is -1.13.